The Kier molecular flexibility index (Phi) is 4.45. The van der Waals surface area contributed by atoms with E-state index in [1.165, 1.54) is 5.56 Å². The van der Waals surface area contributed by atoms with Crippen LogP contribution in [0.3, 0.4) is 0 Å². The molecule has 120 valence electrons. The lowest BCUT2D eigenvalue weighted by molar-refractivity contribution is 0.582. The third-order valence-corrected chi connectivity index (χ3v) is 4.62. The summed E-state index contributed by atoms with van der Waals surface area (Å²) in [5.74, 6) is 1.72. The second-order valence-electron chi connectivity index (χ2n) is 5.81. The number of hydrogen-bond donors (Lipinski definition) is 0. The maximum absolute atomic E-state index is 6.24. The Hall–Kier alpha value is -2.71. The monoisotopic (exact) mass is 387 g/mol. The van der Waals surface area contributed by atoms with Crippen LogP contribution in [0.1, 0.15) is 0 Å². The van der Waals surface area contributed by atoms with E-state index < -0.39 is 0 Å². The third-order valence-electron chi connectivity index (χ3n) is 4.09. The molecule has 1 aromatic heterocycles. The van der Waals surface area contributed by atoms with Crippen LogP contribution in [0.15, 0.2) is 106 Å². The minimum absolute atomic E-state index is 0.854. The van der Waals surface area contributed by atoms with Crippen molar-refractivity contribution in [1.29, 1.82) is 0 Å². The molecule has 0 aliphatic carbocycles. The van der Waals surface area contributed by atoms with Gasteiger partial charge >= 0.3 is 11.5 Å². The number of halogens is 1. The fourth-order valence-corrected chi connectivity index (χ4v) is 3.06. The third kappa shape index (κ3) is 3.54. The van der Waals surface area contributed by atoms with Crippen LogP contribution < -0.4 is 0 Å². The standard InChI is InChI=1S/C23H16BrO/c24-21-13-11-19(12-14-21)23-16-20(17-7-3-1-4-8-17)15-22(25-23)18-9-5-2-6-10-18/h1-16H/q+1. The molecule has 0 spiro atoms. The molecule has 3 aromatic carbocycles. The molecule has 0 saturated heterocycles. The second-order valence-corrected chi connectivity index (χ2v) is 6.73. The maximum Gasteiger partial charge on any atom is 0.361 e. The Morgan fingerprint density at radius 3 is 1.52 bits per heavy atom. The van der Waals surface area contributed by atoms with Crippen LogP contribution in [0.5, 0.6) is 0 Å². The van der Waals surface area contributed by atoms with Crippen LogP contribution in [0.4, 0.5) is 0 Å². The van der Waals surface area contributed by atoms with Crippen molar-refractivity contribution < 1.29 is 4.42 Å². The highest BCUT2D eigenvalue weighted by molar-refractivity contribution is 9.10. The average molecular weight is 388 g/mol. The predicted octanol–water partition coefficient (Wildman–Crippen LogP) is 7.32. The summed E-state index contributed by atoms with van der Waals surface area (Å²) in [5.41, 5.74) is 4.44. The van der Waals surface area contributed by atoms with Gasteiger partial charge < -0.3 is 0 Å². The highest BCUT2D eigenvalue weighted by atomic mass is 79.9. The predicted molar refractivity (Wildman–Crippen MR) is 107 cm³/mol. The van der Waals surface area contributed by atoms with Gasteiger partial charge in [0.05, 0.1) is 23.3 Å². The second kappa shape index (κ2) is 7.04. The minimum atomic E-state index is 0.854. The number of hydrogen-bond acceptors (Lipinski definition) is 0. The summed E-state index contributed by atoms with van der Waals surface area (Å²) in [7, 11) is 0. The van der Waals surface area contributed by atoms with Gasteiger partial charge in [-0.15, -0.1) is 0 Å². The van der Waals surface area contributed by atoms with Crippen LogP contribution in [0.25, 0.3) is 33.8 Å². The summed E-state index contributed by atoms with van der Waals surface area (Å²) in [6.45, 7) is 0. The number of rotatable bonds is 3. The average Bonchev–Trinajstić information content (AvgIpc) is 2.69. The van der Waals surface area contributed by atoms with Crippen LogP contribution >= 0.6 is 15.9 Å². The molecule has 0 bridgehead atoms. The lowest BCUT2D eigenvalue weighted by Crippen LogP contribution is -1.86. The summed E-state index contributed by atoms with van der Waals surface area (Å²) >= 11 is 3.49. The summed E-state index contributed by atoms with van der Waals surface area (Å²) in [6, 6.07) is 33.0. The Morgan fingerprint density at radius 2 is 0.960 bits per heavy atom. The highest BCUT2D eigenvalue weighted by Crippen LogP contribution is 2.33. The Morgan fingerprint density at radius 1 is 0.480 bits per heavy atom. The summed E-state index contributed by atoms with van der Waals surface area (Å²) in [6.07, 6.45) is 0. The summed E-state index contributed by atoms with van der Waals surface area (Å²) < 4.78 is 7.29. The van der Waals surface area contributed by atoms with E-state index in [1.807, 2.05) is 36.4 Å². The summed E-state index contributed by atoms with van der Waals surface area (Å²) in [5, 5.41) is 0. The molecule has 1 heterocycles. The Labute approximate surface area is 155 Å². The van der Waals surface area contributed by atoms with Gasteiger partial charge in [0.2, 0.25) is 0 Å². The molecular weight excluding hydrogens is 372 g/mol. The van der Waals surface area contributed by atoms with Gasteiger partial charge in [0, 0.05) is 10.0 Å². The molecule has 0 amide bonds. The molecule has 4 rings (SSSR count). The van der Waals surface area contributed by atoms with E-state index in [0.29, 0.717) is 0 Å². The molecule has 1 nitrogen and oxygen atoms in total. The topological polar surface area (TPSA) is 11.3 Å². The molecule has 0 N–H and O–H groups in total. The first kappa shape index (κ1) is 15.8. The lowest BCUT2D eigenvalue weighted by atomic mass is 10.0. The van der Waals surface area contributed by atoms with E-state index >= 15 is 0 Å². The van der Waals surface area contributed by atoms with Gasteiger partial charge in [0.1, 0.15) is 0 Å². The van der Waals surface area contributed by atoms with Crippen LogP contribution in [-0.2, 0) is 0 Å². The van der Waals surface area contributed by atoms with Crippen molar-refractivity contribution in [2.45, 2.75) is 0 Å². The SMILES string of the molecule is Brc1ccc(-c2cc(-c3ccccc3)cc(-c3ccccc3)[o+]2)cc1. The largest absolute Gasteiger partial charge is 0.361 e. The zero-order valence-electron chi connectivity index (χ0n) is 13.5. The molecule has 0 unspecified atom stereocenters. The molecule has 0 aliphatic heterocycles. The van der Waals surface area contributed by atoms with Crippen molar-refractivity contribution in [2.75, 3.05) is 0 Å². The molecule has 0 saturated carbocycles. The molecule has 0 radical (unpaired) electrons. The quantitative estimate of drug-likeness (QED) is 0.335. The van der Waals surface area contributed by atoms with Crippen molar-refractivity contribution in [2.24, 2.45) is 0 Å². The lowest BCUT2D eigenvalue weighted by Gasteiger charge is -2.02. The minimum Gasteiger partial charge on any atom is -0.207 e. The molecule has 4 aromatic rings. The normalized spacial score (nSPS) is 10.6. The molecule has 0 aliphatic rings. The first-order chi connectivity index (χ1) is 12.3. The molecule has 0 atom stereocenters. The van der Waals surface area contributed by atoms with Crippen LogP contribution in [-0.4, -0.2) is 0 Å². The molecular formula is C23H16BrO+. The van der Waals surface area contributed by atoms with Gasteiger partial charge in [-0.3, -0.25) is 0 Å². The van der Waals surface area contributed by atoms with Crippen LogP contribution in [0, 0.1) is 0 Å². The zero-order valence-corrected chi connectivity index (χ0v) is 15.1. The fraction of sp³-hybridized carbons (Fsp3) is 0. The van der Waals surface area contributed by atoms with E-state index in [0.717, 1.165) is 32.7 Å². The van der Waals surface area contributed by atoms with E-state index in [1.54, 1.807) is 0 Å². The van der Waals surface area contributed by atoms with Crippen molar-refractivity contribution in [3.8, 4) is 33.8 Å². The van der Waals surface area contributed by atoms with Crippen molar-refractivity contribution in [3.63, 3.8) is 0 Å². The fourth-order valence-electron chi connectivity index (χ4n) is 2.80. The van der Waals surface area contributed by atoms with Crippen molar-refractivity contribution >= 4 is 15.9 Å². The van der Waals surface area contributed by atoms with Gasteiger partial charge in [0.15, 0.2) is 0 Å². The van der Waals surface area contributed by atoms with Crippen LogP contribution in [0.2, 0.25) is 0 Å². The first-order valence-corrected chi connectivity index (χ1v) is 8.94. The van der Waals surface area contributed by atoms with Crippen molar-refractivity contribution in [1.82, 2.24) is 0 Å². The summed E-state index contributed by atoms with van der Waals surface area (Å²) in [4.78, 5) is 0. The molecule has 0 fully saturated rings. The van der Waals surface area contributed by atoms with Gasteiger partial charge in [-0.05, 0) is 42.0 Å². The van der Waals surface area contributed by atoms with Gasteiger partial charge in [-0.25, -0.2) is 4.42 Å². The number of benzene rings is 3. The van der Waals surface area contributed by atoms with E-state index in [9.17, 15) is 0 Å². The van der Waals surface area contributed by atoms with Crippen molar-refractivity contribution in [3.05, 3.63) is 102 Å². The zero-order chi connectivity index (χ0) is 17.1. The van der Waals surface area contributed by atoms with E-state index in [4.69, 9.17) is 4.42 Å². The highest BCUT2D eigenvalue weighted by Gasteiger charge is 2.20. The molecule has 25 heavy (non-hydrogen) atoms. The Balaban J connectivity index is 1.90. The first-order valence-electron chi connectivity index (χ1n) is 8.14. The Bertz CT molecular complexity index is 920. The molecule has 2 heteroatoms. The smallest absolute Gasteiger partial charge is 0.207 e. The van der Waals surface area contributed by atoms with Gasteiger partial charge in [-0.2, -0.15) is 0 Å². The van der Waals surface area contributed by atoms with Gasteiger partial charge in [0.25, 0.3) is 0 Å². The maximum atomic E-state index is 6.24. The van der Waals surface area contributed by atoms with E-state index in [2.05, 4.69) is 76.6 Å². The van der Waals surface area contributed by atoms with Gasteiger partial charge in [-0.1, -0.05) is 64.5 Å². The van der Waals surface area contributed by atoms with E-state index in [-0.39, 0.29) is 0 Å².